The van der Waals surface area contributed by atoms with Gasteiger partial charge in [-0.1, -0.05) is 18.2 Å². The van der Waals surface area contributed by atoms with Crippen LogP contribution in [0.4, 0.5) is 4.39 Å². The largest absolute Gasteiger partial charge is 0.314 e. The molecule has 0 saturated carbocycles. The Hall–Kier alpha value is -0.930. The van der Waals surface area contributed by atoms with E-state index in [0.717, 1.165) is 18.7 Å². The molecule has 0 spiro atoms. The molecule has 1 aromatic carbocycles. The van der Waals surface area contributed by atoms with E-state index >= 15 is 0 Å². The fourth-order valence-corrected chi connectivity index (χ4v) is 1.91. The van der Waals surface area contributed by atoms with E-state index in [-0.39, 0.29) is 11.9 Å². The molecule has 1 heterocycles. The number of nitrogens with one attached hydrogen (secondary N) is 1. The van der Waals surface area contributed by atoms with Gasteiger partial charge in [-0.2, -0.15) is 0 Å². The van der Waals surface area contributed by atoms with Gasteiger partial charge in [0.25, 0.3) is 0 Å². The van der Waals surface area contributed by atoms with Crippen LogP contribution in [0.1, 0.15) is 18.5 Å². The Labute approximate surface area is 90.1 Å². The molecule has 1 aliphatic rings. The summed E-state index contributed by atoms with van der Waals surface area (Å²) in [7, 11) is 2.06. The first kappa shape index (κ1) is 10.6. The maximum Gasteiger partial charge on any atom is 0.127 e. The first-order valence-corrected chi connectivity index (χ1v) is 5.37. The van der Waals surface area contributed by atoms with Crippen molar-refractivity contribution < 1.29 is 4.39 Å². The van der Waals surface area contributed by atoms with E-state index in [2.05, 4.69) is 24.2 Å². The molecule has 1 fully saturated rings. The van der Waals surface area contributed by atoms with E-state index in [1.54, 1.807) is 6.07 Å². The summed E-state index contributed by atoms with van der Waals surface area (Å²) in [6, 6.07) is 7.69. The van der Waals surface area contributed by atoms with Crippen LogP contribution in [0.3, 0.4) is 0 Å². The standard InChI is InChI=1S/C12H17FN2/c1-9(15(2)10-7-14-8-10)11-5-3-4-6-12(11)13/h3-6,9-10,14H,7-8H2,1-2H3. The number of rotatable bonds is 3. The second kappa shape index (κ2) is 4.29. The second-order valence-electron chi connectivity index (χ2n) is 4.18. The van der Waals surface area contributed by atoms with Gasteiger partial charge in [-0.15, -0.1) is 0 Å². The molecular weight excluding hydrogens is 191 g/mol. The molecule has 0 aliphatic carbocycles. The number of likely N-dealkylation sites (N-methyl/N-ethyl adjacent to an activating group) is 1. The zero-order chi connectivity index (χ0) is 10.8. The van der Waals surface area contributed by atoms with Crippen molar-refractivity contribution in [3.8, 4) is 0 Å². The molecule has 0 radical (unpaired) electrons. The van der Waals surface area contributed by atoms with Crippen LogP contribution in [0.2, 0.25) is 0 Å². The molecule has 1 unspecified atom stereocenters. The summed E-state index contributed by atoms with van der Waals surface area (Å²) >= 11 is 0. The molecule has 0 aromatic heterocycles. The van der Waals surface area contributed by atoms with E-state index in [1.165, 1.54) is 6.07 Å². The molecule has 82 valence electrons. The fraction of sp³-hybridized carbons (Fsp3) is 0.500. The van der Waals surface area contributed by atoms with E-state index in [1.807, 2.05) is 12.1 Å². The van der Waals surface area contributed by atoms with Gasteiger partial charge in [-0.05, 0) is 20.0 Å². The van der Waals surface area contributed by atoms with Gasteiger partial charge in [0.2, 0.25) is 0 Å². The van der Waals surface area contributed by atoms with Crippen LogP contribution >= 0.6 is 0 Å². The van der Waals surface area contributed by atoms with Gasteiger partial charge in [-0.3, -0.25) is 4.90 Å². The first-order chi connectivity index (χ1) is 7.20. The first-order valence-electron chi connectivity index (χ1n) is 5.37. The van der Waals surface area contributed by atoms with Gasteiger partial charge >= 0.3 is 0 Å². The minimum absolute atomic E-state index is 0.107. The van der Waals surface area contributed by atoms with Crippen molar-refractivity contribution >= 4 is 0 Å². The third kappa shape index (κ3) is 2.03. The number of halogens is 1. The molecule has 1 N–H and O–H groups in total. The van der Waals surface area contributed by atoms with Crippen LogP contribution in [0.25, 0.3) is 0 Å². The number of hydrogen-bond acceptors (Lipinski definition) is 2. The van der Waals surface area contributed by atoms with Crippen molar-refractivity contribution in [2.45, 2.75) is 19.0 Å². The molecule has 1 saturated heterocycles. The molecular formula is C12H17FN2. The number of benzene rings is 1. The lowest BCUT2D eigenvalue weighted by Crippen LogP contribution is -2.56. The summed E-state index contributed by atoms with van der Waals surface area (Å²) in [5, 5.41) is 3.23. The Balaban J connectivity index is 2.12. The Morgan fingerprint density at radius 2 is 2.07 bits per heavy atom. The molecule has 2 rings (SSSR count). The molecule has 1 atom stereocenters. The Bertz CT molecular complexity index is 336. The molecule has 0 bridgehead atoms. The third-order valence-electron chi connectivity index (χ3n) is 3.30. The molecule has 1 aromatic rings. The predicted octanol–water partition coefficient (Wildman–Crippen LogP) is 1.79. The van der Waals surface area contributed by atoms with Gasteiger partial charge in [0.15, 0.2) is 0 Å². The summed E-state index contributed by atoms with van der Waals surface area (Å²) in [4.78, 5) is 2.23. The highest BCUT2D eigenvalue weighted by Gasteiger charge is 2.26. The van der Waals surface area contributed by atoms with Crippen LogP contribution in [-0.4, -0.2) is 31.1 Å². The van der Waals surface area contributed by atoms with Crippen LogP contribution in [0.15, 0.2) is 24.3 Å². The zero-order valence-electron chi connectivity index (χ0n) is 9.20. The van der Waals surface area contributed by atoms with E-state index < -0.39 is 0 Å². The average Bonchev–Trinajstić information content (AvgIpc) is 2.15. The van der Waals surface area contributed by atoms with Crippen LogP contribution in [-0.2, 0) is 0 Å². The summed E-state index contributed by atoms with van der Waals surface area (Å²) < 4.78 is 13.5. The highest BCUT2D eigenvalue weighted by atomic mass is 19.1. The van der Waals surface area contributed by atoms with Crippen molar-refractivity contribution in [2.75, 3.05) is 20.1 Å². The lowest BCUT2D eigenvalue weighted by Gasteiger charge is -2.39. The van der Waals surface area contributed by atoms with E-state index in [4.69, 9.17) is 0 Å². The number of nitrogens with zero attached hydrogens (tertiary/aromatic N) is 1. The third-order valence-corrected chi connectivity index (χ3v) is 3.30. The maximum atomic E-state index is 13.5. The smallest absolute Gasteiger partial charge is 0.127 e. The normalized spacial score (nSPS) is 18.9. The average molecular weight is 208 g/mol. The van der Waals surface area contributed by atoms with Gasteiger partial charge in [0.05, 0.1) is 0 Å². The minimum atomic E-state index is -0.107. The van der Waals surface area contributed by atoms with Crippen molar-refractivity contribution in [1.29, 1.82) is 0 Å². The van der Waals surface area contributed by atoms with Gasteiger partial charge < -0.3 is 5.32 Å². The van der Waals surface area contributed by atoms with Crippen molar-refractivity contribution in [3.63, 3.8) is 0 Å². The maximum absolute atomic E-state index is 13.5. The van der Waals surface area contributed by atoms with Gasteiger partial charge in [-0.25, -0.2) is 4.39 Å². The van der Waals surface area contributed by atoms with Gasteiger partial charge in [0.1, 0.15) is 5.82 Å². The zero-order valence-corrected chi connectivity index (χ0v) is 9.20. The van der Waals surface area contributed by atoms with Crippen LogP contribution < -0.4 is 5.32 Å². The van der Waals surface area contributed by atoms with E-state index in [9.17, 15) is 4.39 Å². The Kier molecular flexibility index (Phi) is 3.03. The number of hydrogen-bond donors (Lipinski definition) is 1. The Morgan fingerprint density at radius 1 is 1.40 bits per heavy atom. The summed E-state index contributed by atoms with van der Waals surface area (Å²) in [6.07, 6.45) is 0. The summed E-state index contributed by atoms with van der Waals surface area (Å²) in [5.41, 5.74) is 0.784. The molecule has 2 nitrogen and oxygen atoms in total. The summed E-state index contributed by atoms with van der Waals surface area (Å²) in [6.45, 7) is 4.07. The molecule has 3 heteroatoms. The quantitative estimate of drug-likeness (QED) is 0.814. The summed E-state index contributed by atoms with van der Waals surface area (Å²) in [5.74, 6) is -0.107. The second-order valence-corrected chi connectivity index (χ2v) is 4.18. The molecule has 0 amide bonds. The van der Waals surface area contributed by atoms with Crippen molar-refractivity contribution in [2.24, 2.45) is 0 Å². The van der Waals surface area contributed by atoms with Crippen LogP contribution in [0, 0.1) is 5.82 Å². The monoisotopic (exact) mass is 208 g/mol. The lowest BCUT2D eigenvalue weighted by molar-refractivity contribution is 0.134. The lowest BCUT2D eigenvalue weighted by atomic mass is 10.0. The molecule has 1 aliphatic heterocycles. The SMILES string of the molecule is CC(c1ccccc1F)N(C)C1CNC1. The highest BCUT2D eigenvalue weighted by Crippen LogP contribution is 2.24. The molecule has 15 heavy (non-hydrogen) atoms. The topological polar surface area (TPSA) is 15.3 Å². The highest BCUT2D eigenvalue weighted by molar-refractivity contribution is 5.21. The van der Waals surface area contributed by atoms with Crippen molar-refractivity contribution in [3.05, 3.63) is 35.6 Å². The van der Waals surface area contributed by atoms with E-state index in [0.29, 0.717) is 6.04 Å². The fourth-order valence-electron chi connectivity index (χ4n) is 1.91. The van der Waals surface area contributed by atoms with Crippen molar-refractivity contribution in [1.82, 2.24) is 10.2 Å². The van der Waals surface area contributed by atoms with Crippen LogP contribution in [0.5, 0.6) is 0 Å². The minimum Gasteiger partial charge on any atom is -0.314 e. The van der Waals surface area contributed by atoms with Gasteiger partial charge in [0, 0.05) is 30.7 Å². The predicted molar refractivity (Wildman–Crippen MR) is 59.2 cm³/mol. The Morgan fingerprint density at radius 3 is 2.60 bits per heavy atom.